The first-order valence-electron chi connectivity index (χ1n) is 6.50. The Labute approximate surface area is 98.7 Å². The Balaban J connectivity index is 1.83. The molecule has 0 aliphatic carbocycles. The second kappa shape index (κ2) is 5.45. The van der Waals surface area contributed by atoms with Crippen molar-refractivity contribution in [3.63, 3.8) is 0 Å². The highest BCUT2D eigenvalue weighted by Gasteiger charge is 2.28. The maximum atomic E-state index is 5.95. The van der Waals surface area contributed by atoms with Crippen LogP contribution in [0.15, 0.2) is 0 Å². The summed E-state index contributed by atoms with van der Waals surface area (Å²) in [4.78, 5) is 2.55. The van der Waals surface area contributed by atoms with Gasteiger partial charge in [0.1, 0.15) is 0 Å². The van der Waals surface area contributed by atoms with Gasteiger partial charge in [-0.15, -0.1) is 0 Å². The van der Waals surface area contributed by atoms with E-state index in [1.807, 2.05) is 0 Å². The Morgan fingerprint density at radius 1 is 1.25 bits per heavy atom. The smallest absolute Gasteiger partial charge is 0.0830 e. The van der Waals surface area contributed by atoms with Crippen molar-refractivity contribution in [2.45, 2.75) is 45.1 Å². The Kier molecular flexibility index (Phi) is 4.19. The van der Waals surface area contributed by atoms with Crippen LogP contribution in [0, 0.1) is 0 Å². The molecule has 0 amide bonds. The molecule has 0 spiro atoms. The molecule has 2 saturated heterocycles. The van der Waals surface area contributed by atoms with Crippen molar-refractivity contribution < 1.29 is 4.74 Å². The summed E-state index contributed by atoms with van der Waals surface area (Å²) in [5.41, 5.74) is 0. The largest absolute Gasteiger partial charge is 0.371 e. The van der Waals surface area contributed by atoms with Crippen LogP contribution in [0.5, 0.6) is 0 Å². The van der Waals surface area contributed by atoms with Crippen molar-refractivity contribution in [2.75, 3.05) is 32.7 Å². The van der Waals surface area contributed by atoms with Gasteiger partial charge < -0.3 is 15.4 Å². The summed E-state index contributed by atoms with van der Waals surface area (Å²) in [6.45, 7) is 12.0. The summed E-state index contributed by atoms with van der Waals surface area (Å²) < 4.78 is 5.95. The predicted octanol–water partition coefficient (Wildman–Crippen LogP) is 0.0455. The van der Waals surface area contributed by atoms with E-state index in [-0.39, 0.29) is 0 Å². The molecule has 2 N–H and O–H groups in total. The van der Waals surface area contributed by atoms with Gasteiger partial charge in [0, 0.05) is 44.8 Å². The zero-order chi connectivity index (χ0) is 11.5. The molecular formula is C12H25N3O. The topological polar surface area (TPSA) is 36.5 Å². The highest BCUT2D eigenvalue weighted by Crippen LogP contribution is 2.12. The summed E-state index contributed by atoms with van der Waals surface area (Å²) in [6.07, 6.45) is 0.714. The molecule has 2 unspecified atom stereocenters. The fourth-order valence-corrected chi connectivity index (χ4v) is 2.63. The van der Waals surface area contributed by atoms with Gasteiger partial charge in [0.2, 0.25) is 0 Å². The lowest BCUT2D eigenvalue weighted by Gasteiger charge is -2.41. The van der Waals surface area contributed by atoms with E-state index in [4.69, 9.17) is 4.74 Å². The number of nitrogens with one attached hydrogen (secondary N) is 2. The van der Waals surface area contributed by atoms with Crippen molar-refractivity contribution in [1.29, 1.82) is 0 Å². The van der Waals surface area contributed by atoms with E-state index < -0.39 is 0 Å². The van der Waals surface area contributed by atoms with E-state index in [2.05, 4.69) is 36.3 Å². The third-order valence-electron chi connectivity index (χ3n) is 3.83. The first-order chi connectivity index (χ1) is 7.66. The summed E-state index contributed by atoms with van der Waals surface area (Å²) >= 11 is 0. The summed E-state index contributed by atoms with van der Waals surface area (Å²) in [6, 6.07) is 1.19. The molecule has 0 saturated carbocycles. The molecule has 2 heterocycles. The van der Waals surface area contributed by atoms with Crippen molar-refractivity contribution in [3.05, 3.63) is 0 Å². The molecule has 4 heteroatoms. The first kappa shape index (κ1) is 12.3. The van der Waals surface area contributed by atoms with Crippen molar-refractivity contribution >= 4 is 0 Å². The SMILES string of the molecule is CC1NCCN(C[C@@H]2CNC[C@@H](C)O2)C1C. The van der Waals surface area contributed by atoms with Gasteiger partial charge in [-0.1, -0.05) is 0 Å². The van der Waals surface area contributed by atoms with Crippen molar-refractivity contribution in [1.82, 2.24) is 15.5 Å². The molecule has 0 aromatic rings. The summed E-state index contributed by atoms with van der Waals surface area (Å²) in [7, 11) is 0. The van der Waals surface area contributed by atoms with E-state index in [1.54, 1.807) is 0 Å². The van der Waals surface area contributed by atoms with E-state index in [1.165, 1.54) is 0 Å². The minimum Gasteiger partial charge on any atom is -0.371 e. The average molecular weight is 227 g/mol. The van der Waals surface area contributed by atoms with E-state index in [0.717, 1.165) is 32.7 Å². The molecule has 4 nitrogen and oxygen atoms in total. The second-order valence-corrected chi connectivity index (χ2v) is 5.21. The molecule has 0 aromatic heterocycles. The van der Waals surface area contributed by atoms with E-state index in [0.29, 0.717) is 24.3 Å². The number of morpholine rings is 1. The summed E-state index contributed by atoms with van der Waals surface area (Å²) in [5, 5.41) is 6.94. The number of ether oxygens (including phenoxy) is 1. The monoisotopic (exact) mass is 227 g/mol. The normalized spacial score (nSPS) is 42.2. The zero-order valence-electron chi connectivity index (χ0n) is 10.7. The van der Waals surface area contributed by atoms with Crippen LogP contribution in [-0.4, -0.2) is 61.9 Å². The summed E-state index contributed by atoms with van der Waals surface area (Å²) in [5.74, 6) is 0. The first-order valence-corrected chi connectivity index (χ1v) is 6.50. The molecule has 0 radical (unpaired) electrons. The molecule has 2 aliphatic heterocycles. The van der Waals surface area contributed by atoms with Gasteiger partial charge in [-0.2, -0.15) is 0 Å². The zero-order valence-corrected chi connectivity index (χ0v) is 10.7. The minimum absolute atomic E-state index is 0.356. The van der Waals surface area contributed by atoms with E-state index in [9.17, 15) is 0 Å². The second-order valence-electron chi connectivity index (χ2n) is 5.21. The van der Waals surface area contributed by atoms with Crippen LogP contribution in [0.1, 0.15) is 20.8 Å². The molecule has 4 atom stereocenters. The minimum atomic E-state index is 0.356. The van der Waals surface area contributed by atoms with Gasteiger partial charge in [-0.05, 0) is 20.8 Å². The van der Waals surface area contributed by atoms with Crippen LogP contribution in [0.2, 0.25) is 0 Å². The maximum absolute atomic E-state index is 5.95. The van der Waals surface area contributed by atoms with Gasteiger partial charge >= 0.3 is 0 Å². The Bertz CT molecular complexity index is 224. The molecule has 16 heavy (non-hydrogen) atoms. The highest BCUT2D eigenvalue weighted by atomic mass is 16.5. The molecule has 2 fully saturated rings. The molecule has 0 bridgehead atoms. The maximum Gasteiger partial charge on any atom is 0.0830 e. The van der Waals surface area contributed by atoms with Crippen LogP contribution in [0.25, 0.3) is 0 Å². The number of hydrogen-bond acceptors (Lipinski definition) is 4. The fourth-order valence-electron chi connectivity index (χ4n) is 2.63. The lowest BCUT2D eigenvalue weighted by molar-refractivity contribution is -0.0514. The quantitative estimate of drug-likeness (QED) is 0.699. The molecule has 2 rings (SSSR count). The predicted molar refractivity (Wildman–Crippen MR) is 65.7 cm³/mol. The Morgan fingerprint density at radius 3 is 2.81 bits per heavy atom. The Hall–Kier alpha value is -0.160. The average Bonchev–Trinajstić information content (AvgIpc) is 2.25. The highest BCUT2D eigenvalue weighted by molar-refractivity contribution is 4.86. The lowest BCUT2D eigenvalue weighted by atomic mass is 10.1. The van der Waals surface area contributed by atoms with Gasteiger partial charge in [0.25, 0.3) is 0 Å². The molecule has 2 aliphatic rings. The number of nitrogens with zero attached hydrogens (tertiary/aromatic N) is 1. The van der Waals surface area contributed by atoms with Gasteiger partial charge in [0.05, 0.1) is 12.2 Å². The van der Waals surface area contributed by atoms with Crippen LogP contribution >= 0.6 is 0 Å². The van der Waals surface area contributed by atoms with Crippen LogP contribution in [-0.2, 0) is 4.74 Å². The van der Waals surface area contributed by atoms with Gasteiger partial charge in [-0.3, -0.25) is 4.90 Å². The third kappa shape index (κ3) is 2.94. The van der Waals surface area contributed by atoms with Crippen molar-refractivity contribution in [3.8, 4) is 0 Å². The number of hydrogen-bond donors (Lipinski definition) is 2. The molecular weight excluding hydrogens is 202 g/mol. The van der Waals surface area contributed by atoms with Crippen LogP contribution < -0.4 is 10.6 Å². The third-order valence-corrected chi connectivity index (χ3v) is 3.83. The van der Waals surface area contributed by atoms with Crippen LogP contribution in [0.3, 0.4) is 0 Å². The van der Waals surface area contributed by atoms with Crippen molar-refractivity contribution in [2.24, 2.45) is 0 Å². The molecule has 0 aromatic carbocycles. The lowest BCUT2D eigenvalue weighted by Crippen LogP contribution is -2.58. The van der Waals surface area contributed by atoms with Gasteiger partial charge in [0.15, 0.2) is 0 Å². The van der Waals surface area contributed by atoms with E-state index >= 15 is 0 Å². The standard InChI is InChI=1S/C12H25N3O/c1-9-6-13-7-12(16-9)8-15-5-4-14-10(2)11(15)3/h9-14H,4-8H2,1-3H3/t9-,10?,11?,12+/m1/s1. The van der Waals surface area contributed by atoms with Gasteiger partial charge in [-0.25, -0.2) is 0 Å². The number of piperazine rings is 1. The Morgan fingerprint density at radius 2 is 2.06 bits per heavy atom. The molecule has 94 valence electrons. The van der Waals surface area contributed by atoms with Crippen LogP contribution in [0.4, 0.5) is 0 Å². The fraction of sp³-hybridized carbons (Fsp3) is 1.00. The number of rotatable bonds is 2.